The second kappa shape index (κ2) is 10.2. The quantitative estimate of drug-likeness (QED) is 0.567. The second-order valence-electron chi connectivity index (χ2n) is 8.28. The molecule has 0 bridgehead atoms. The monoisotopic (exact) mass is 427 g/mol. The molecule has 2 N–H and O–H groups in total. The summed E-state index contributed by atoms with van der Waals surface area (Å²) < 4.78 is 0. The smallest absolute Gasteiger partial charge is 0.251 e. The molecule has 5 heteroatoms. The standard InChI is InChI=1S/C27H29N3O2/c1-20(31)29-25-9-6-8-23(17-25)27(32)28-18-24-7-2-3-10-26(24)22-13-11-21(12-14-22)19-30-15-4-5-16-30/h2-3,6-14,17H,4-5,15-16,18-19H2,1H3,(H,28,32)(H,29,31). The zero-order valence-electron chi connectivity index (χ0n) is 18.4. The van der Waals surface area contributed by atoms with Crippen molar-refractivity contribution in [2.45, 2.75) is 32.9 Å². The van der Waals surface area contributed by atoms with E-state index in [0.29, 0.717) is 17.8 Å². The molecule has 4 rings (SSSR count). The molecular weight excluding hydrogens is 398 g/mol. The zero-order valence-corrected chi connectivity index (χ0v) is 18.4. The Balaban J connectivity index is 1.43. The molecule has 164 valence electrons. The van der Waals surface area contributed by atoms with Gasteiger partial charge in [-0.15, -0.1) is 0 Å². The molecule has 0 radical (unpaired) electrons. The van der Waals surface area contributed by atoms with Crippen molar-refractivity contribution in [2.24, 2.45) is 0 Å². The summed E-state index contributed by atoms with van der Waals surface area (Å²) in [5, 5.41) is 5.72. The lowest BCUT2D eigenvalue weighted by Gasteiger charge is -2.15. The summed E-state index contributed by atoms with van der Waals surface area (Å²) in [7, 11) is 0. The minimum Gasteiger partial charge on any atom is -0.348 e. The van der Waals surface area contributed by atoms with Gasteiger partial charge in [0.2, 0.25) is 5.91 Å². The Kier molecular flexibility index (Phi) is 6.97. The largest absolute Gasteiger partial charge is 0.348 e. The first-order chi connectivity index (χ1) is 15.6. The van der Waals surface area contributed by atoms with Crippen LogP contribution in [-0.2, 0) is 17.9 Å². The van der Waals surface area contributed by atoms with Gasteiger partial charge in [0.1, 0.15) is 0 Å². The van der Waals surface area contributed by atoms with Crippen molar-refractivity contribution in [3.63, 3.8) is 0 Å². The highest BCUT2D eigenvalue weighted by Gasteiger charge is 2.13. The Bertz CT molecular complexity index is 1090. The number of benzene rings is 3. The number of carbonyl (C=O) groups excluding carboxylic acids is 2. The Hall–Kier alpha value is -3.44. The molecule has 32 heavy (non-hydrogen) atoms. The predicted molar refractivity (Wildman–Crippen MR) is 128 cm³/mol. The molecule has 3 aromatic rings. The summed E-state index contributed by atoms with van der Waals surface area (Å²) in [6.07, 6.45) is 2.60. The van der Waals surface area contributed by atoms with E-state index in [0.717, 1.165) is 23.2 Å². The van der Waals surface area contributed by atoms with Crippen LogP contribution >= 0.6 is 0 Å². The van der Waals surface area contributed by atoms with Crippen molar-refractivity contribution in [2.75, 3.05) is 18.4 Å². The van der Waals surface area contributed by atoms with Crippen molar-refractivity contribution in [3.05, 3.63) is 89.5 Å². The average Bonchev–Trinajstić information content (AvgIpc) is 3.31. The van der Waals surface area contributed by atoms with Crippen molar-refractivity contribution in [1.82, 2.24) is 10.2 Å². The molecular formula is C27H29N3O2. The number of rotatable bonds is 7. The minimum absolute atomic E-state index is 0.164. The van der Waals surface area contributed by atoms with Gasteiger partial charge < -0.3 is 10.6 Å². The van der Waals surface area contributed by atoms with Crippen LogP contribution in [0.5, 0.6) is 0 Å². The number of likely N-dealkylation sites (tertiary alicyclic amines) is 1. The third-order valence-corrected chi connectivity index (χ3v) is 5.77. The SMILES string of the molecule is CC(=O)Nc1cccc(C(=O)NCc2ccccc2-c2ccc(CN3CCCC3)cc2)c1. The predicted octanol–water partition coefficient (Wildman–Crippen LogP) is 4.84. The van der Waals surface area contributed by atoms with Crippen molar-refractivity contribution in [1.29, 1.82) is 0 Å². The average molecular weight is 428 g/mol. The van der Waals surface area contributed by atoms with Gasteiger partial charge >= 0.3 is 0 Å². The highest BCUT2D eigenvalue weighted by Crippen LogP contribution is 2.25. The van der Waals surface area contributed by atoms with Crippen molar-refractivity contribution >= 4 is 17.5 Å². The molecule has 1 aliphatic heterocycles. The third kappa shape index (κ3) is 5.62. The van der Waals surface area contributed by atoms with E-state index in [1.54, 1.807) is 24.3 Å². The van der Waals surface area contributed by atoms with E-state index >= 15 is 0 Å². The number of anilines is 1. The second-order valence-corrected chi connectivity index (χ2v) is 8.28. The van der Waals surface area contributed by atoms with Crippen LogP contribution in [0.2, 0.25) is 0 Å². The molecule has 0 saturated carbocycles. The number of amides is 2. The number of hydrogen-bond donors (Lipinski definition) is 2. The van der Waals surface area contributed by atoms with Crippen LogP contribution in [-0.4, -0.2) is 29.8 Å². The molecule has 0 aliphatic carbocycles. The van der Waals surface area contributed by atoms with Crippen molar-refractivity contribution < 1.29 is 9.59 Å². The fourth-order valence-electron chi connectivity index (χ4n) is 4.16. The van der Waals surface area contributed by atoms with Gasteiger partial charge in [0.05, 0.1) is 0 Å². The minimum atomic E-state index is -0.173. The van der Waals surface area contributed by atoms with Crippen LogP contribution in [0.1, 0.15) is 41.3 Å². The van der Waals surface area contributed by atoms with Gasteiger partial charge in [-0.2, -0.15) is 0 Å². The molecule has 1 aliphatic rings. The van der Waals surface area contributed by atoms with Gasteiger partial charge in [-0.3, -0.25) is 14.5 Å². The lowest BCUT2D eigenvalue weighted by molar-refractivity contribution is -0.114. The molecule has 1 saturated heterocycles. The van der Waals surface area contributed by atoms with E-state index in [4.69, 9.17) is 0 Å². The summed E-state index contributed by atoms with van der Waals surface area (Å²) in [6.45, 7) is 5.27. The maximum atomic E-state index is 12.7. The van der Waals surface area contributed by atoms with Gasteiger partial charge in [-0.05, 0) is 66.4 Å². The first-order valence-electron chi connectivity index (χ1n) is 11.1. The molecule has 2 amide bonds. The number of carbonyl (C=O) groups is 2. The van der Waals surface area contributed by atoms with E-state index in [9.17, 15) is 9.59 Å². The fraction of sp³-hybridized carbons (Fsp3) is 0.259. The molecule has 1 fully saturated rings. The van der Waals surface area contributed by atoms with Gasteiger partial charge in [-0.25, -0.2) is 0 Å². The summed E-state index contributed by atoms with van der Waals surface area (Å²) in [6, 6.07) is 23.8. The van der Waals surface area contributed by atoms with Gasteiger partial charge in [0, 0.05) is 31.3 Å². The molecule has 3 aromatic carbocycles. The number of nitrogens with one attached hydrogen (secondary N) is 2. The van der Waals surface area contributed by atoms with Gasteiger partial charge in [0.15, 0.2) is 0 Å². The summed E-state index contributed by atoms with van der Waals surface area (Å²) in [4.78, 5) is 26.5. The van der Waals surface area contributed by atoms with Crippen LogP contribution < -0.4 is 10.6 Å². The van der Waals surface area contributed by atoms with Gasteiger partial charge in [0.25, 0.3) is 5.91 Å². The fourth-order valence-corrected chi connectivity index (χ4v) is 4.16. The highest BCUT2D eigenvalue weighted by molar-refractivity contribution is 5.96. The Morgan fingerprint density at radius 1 is 0.906 bits per heavy atom. The Morgan fingerprint density at radius 2 is 1.66 bits per heavy atom. The molecule has 1 heterocycles. The van der Waals surface area contributed by atoms with Gasteiger partial charge in [-0.1, -0.05) is 54.6 Å². The maximum absolute atomic E-state index is 12.7. The first kappa shape index (κ1) is 21.8. The van der Waals surface area contributed by atoms with Crippen LogP contribution in [0.25, 0.3) is 11.1 Å². The third-order valence-electron chi connectivity index (χ3n) is 5.77. The Morgan fingerprint density at radius 3 is 2.41 bits per heavy atom. The van der Waals surface area contributed by atoms with E-state index in [2.05, 4.69) is 45.9 Å². The zero-order chi connectivity index (χ0) is 22.3. The summed E-state index contributed by atoms with van der Waals surface area (Å²) >= 11 is 0. The molecule has 0 unspecified atom stereocenters. The molecule has 0 atom stereocenters. The lowest BCUT2D eigenvalue weighted by Crippen LogP contribution is -2.23. The Labute approximate surface area is 189 Å². The topological polar surface area (TPSA) is 61.4 Å². The van der Waals surface area contributed by atoms with Crippen LogP contribution in [0.4, 0.5) is 5.69 Å². The normalized spacial score (nSPS) is 13.7. The summed E-state index contributed by atoms with van der Waals surface area (Å²) in [5.41, 5.74) is 5.78. The van der Waals surface area contributed by atoms with Crippen LogP contribution in [0.15, 0.2) is 72.8 Å². The van der Waals surface area contributed by atoms with Crippen LogP contribution in [0.3, 0.4) is 0 Å². The number of nitrogens with zero attached hydrogens (tertiary/aromatic N) is 1. The number of hydrogen-bond acceptors (Lipinski definition) is 3. The first-order valence-corrected chi connectivity index (χ1v) is 11.1. The molecule has 0 aromatic heterocycles. The molecule has 5 nitrogen and oxygen atoms in total. The van der Waals surface area contributed by atoms with Crippen molar-refractivity contribution in [3.8, 4) is 11.1 Å². The molecule has 0 spiro atoms. The summed E-state index contributed by atoms with van der Waals surface area (Å²) in [5.74, 6) is -0.337. The highest BCUT2D eigenvalue weighted by atomic mass is 16.2. The van der Waals surface area contributed by atoms with E-state index in [1.807, 2.05) is 18.2 Å². The van der Waals surface area contributed by atoms with Crippen LogP contribution in [0, 0.1) is 0 Å². The maximum Gasteiger partial charge on any atom is 0.251 e. The van der Waals surface area contributed by atoms with E-state index < -0.39 is 0 Å². The van der Waals surface area contributed by atoms with E-state index in [-0.39, 0.29) is 11.8 Å². The lowest BCUT2D eigenvalue weighted by atomic mass is 9.98. The van der Waals surface area contributed by atoms with E-state index in [1.165, 1.54) is 38.4 Å².